The standard InChI is InChI=1S/C15H20N2O3/c1-10-5-6-12(9-11(10)2)16-14(20)17-15(13(18)19)7-3-4-8-15/h5-6,9H,3-4,7-8H2,1-2H3,(H,18,19)(H2,16,17,20). The Hall–Kier alpha value is -2.04. The molecule has 0 heterocycles. The highest BCUT2D eigenvalue weighted by atomic mass is 16.4. The second-order valence-corrected chi connectivity index (χ2v) is 5.47. The molecule has 20 heavy (non-hydrogen) atoms. The number of nitrogens with one attached hydrogen (secondary N) is 2. The Balaban J connectivity index is 2.04. The smallest absolute Gasteiger partial charge is 0.329 e. The van der Waals surface area contributed by atoms with Gasteiger partial charge in [0.05, 0.1) is 0 Å². The van der Waals surface area contributed by atoms with E-state index in [0.717, 1.165) is 24.0 Å². The van der Waals surface area contributed by atoms with E-state index in [1.54, 1.807) is 0 Å². The molecule has 1 fully saturated rings. The molecule has 0 aromatic heterocycles. The highest BCUT2D eigenvalue weighted by molar-refractivity contribution is 5.94. The van der Waals surface area contributed by atoms with Crippen LogP contribution in [0, 0.1) is 13.8 Å². The molecule has 3 N–H and O–H groups in total. The number of carbonyl (C=O) groups excluding carboxylic acids is 1. The van der Waals surface area contributed by atoms with Gasteiger partial charge in [-0.05, 0) is 49.9 Å². The lowest BCUT2D eigenvalue weighted by molar-refractivity contribution is -0.144. The molecule has 5 heteroatoms. The normalized spacial score (nSPS) is 16.7. The third-order valence-electron chi connectivity index (χ3n) is 3.98. The molecule has 0 atom stereocenters. The van der Waals surface area contributed by atoms with Crippen molar-refractivity contribution >= 4 is 17.7 Å². The maximum atomic E-state index is 12.0. The molecule has 5 nitrogen and oxygen atoms in total. The molecule has 1 aliphatic carbocycles. The first-order chi connectivity index (χ1) is 9.43. The van der Waals surface area contributed by atoms with Gasteiger partial charge in [0.25, 0.3) is 0 Å². The van der Waals surface area contributed by atoms with Crippen LogP contribution in [0.25, 0.3) is 0 Å². The maximum absolute atomic E-state index is 12.0. The lowest BCUT2D eigenvalue weighted by Gasteiger charge is -2.25. The fraction of sp³-hybridized carbons (Fsp3) is 0.467. The van der Waals surface area contributed by atoms with Gasteiger partial charge < -0.3 is 15.7 Å². The lowest BCUT2D eigenvalue weighted by atomic mass is 9.98. The summed E-state index contributed by atoms with van der Waals surface area (Å²) in [4.78, 5) is 23.4. The number of rotatable bonds is 3. The zero-order chi connectivity index (χ0) is 14.8. The van der Waals surface area contributed by atoms with Crippen LogP contribution in [-0.4, -0.2) is 22.6 Å². The van der Waals surface area contributed by atoms with Crippen molar-refractivity contribution in [1.82, 2.24) is 5.32 Å². The van der Waals surface area contributed by atoms with Crippen molar-refractivity contribution in [1.29, 1.82) is 0 Å². The fourth-order valence-corrected chi connectivity index (χ4v) is 2.57. The monoisotopic (exact) mass is 276 g/mol. The van der Waals surface area contributed by atoms with E-state index < -0.39 is 17.5 Å². The number of urea groups is 1. The van der Waals surface area contributed by atoms with Crippen LogP contribution in [0.2, 0.25) is 0 Å². The van der Waals surface area contributed by atoms with Gasteiger partial charge in [-0.1, -0.05) is 18.9 Å². The van der Waals surface area contributed by atoms with E-state index in [4.69, 9.17) is 0 Å². The van der Waals surface area contributed by atoms with E-state index in [2.05, 4.69) is 10.6 Å². The lowest BCUT2D eigenvalue weighted by Crippen LogP contribution is -2.53. The van der Waals surface area contributed by atoms with Gasteiger partial charge in [0.2, 0.25) is 0 Å². The van der Waals surface area contributed by atoms with Crippen molar-refractivity contribution in [3.8, 4) is 0 Å². The Morgan fingerprint density at radius 2 is 1.80 bits per heavy atom. The van der Waals surface area contributed by atoms with E-state index in [1.807, 2.05) is 32.0 Å². The van der Waals surface area contributed by atoms with Crippen LogP contribution in [0.3, 0.4) is 0 Å². The summed E-state index contributed by atoms with van der Waals surface area (Å²) in [6.07, 6.45) is 2.64. The van der Waals surface area contributed by atoms with Gasteiger partial charge in [-0.2, -0.15) is 0 Å². The molecule has 0 unspecified atom stereocenters. The molecule has 1 saturated carbocycles. The van der Waals surface area contributed by atoms with Gasteiger partial charge in [-0.3, -0.25) is 0 Å². The average Bonchev–Trinajstić information content (AvgIpc) is 2.83. The van der Waals surface area contributed by atoms with Crippen LogP contribution < -0.4 is 10.6 Å². The maximum Gasteiger partial charge on any atom is 0.329 e. The number of amides is 2. The summed E-state index contributed by atoms with van der Waals surface area (Å²) in [5, 5.41) is 14.6. The largest absolute Gasteiger partial charge is 0.480 e. The minimum absolute atomic E-state index is 0.461. The van der Waals surface area contributed by atoms with E-state index in [0.29, 0.717) is 18.5 Å². The Labute approximate surface area is 118 Å². The Kier molecular flexibility index (Phi) is 3.97. The molecule has 0 bridgehead atoms. The molecule has 0 saturated heterocycles. The molecule has 0 spiro atoms. The van der Waals surface area contributed by atoms with E-state index in [9.17, 15) is 14.7 Å². The van der Waals surface area contributed by atoms with E-state index in [-0.39, 0.29) is 0 Å². The van der Waals surface area contributed by atoms with Crippen LogP contribution in [0.5, 0.6) is 0 Å². The minimum Gasteiger partial charge on any atom is -0.480 e. The molecule has 0 radical (unpaired) electrons. The van der Waals surface area contributed by atoms with Gasteiger partial charge in [0, 0.05) is 5.69 Å². The van der Waals surface area contributed by atoms with Crippen LogP contribution in [0.4, 0.5) is 10.5 Å². The van der Waals surface area contributed by atoms with Gasteiger partial charge in [-0.15, -0.1) is 0 Å². The van der Waals surface area contributed by atoms with Gasteiger partial charge in [0.15, 0.2) is 0 Å². The molecule has 2 amide bonds. The van der Waals surface area contributed by atoms with Crippen molar-refractivity contribution in [2.75, 3.05) is 5.32 Å². The summed E-state index contributed by atoms with van der Waals surface area (Å²) in [5.41, 5.74) is 1.79. The summed E-state index contributed by atoms with van der Waals surface area (Å²) < 4.78 is 0. The second kappa shape index (κ2) is 5.53. The predicted molar refractivity (Wildman–Crippen MR) is 76.9 cm³/mol. The first-order valence-electron chi connectivity index (χ1n) is 6.83. The highest BCUT2D eigenvalue weighted by Crippen LogP contribution is 2.30. The molecule has 1 aliphatic rings. The number of hydrogen-bond acceptors (Lipinski definition) is 2. The fourth-order valence-electron chi connectivity index (χ4n) is 2.57. The van der Waals surface area contributed by atoms with Crippen LogP contribution in [-0.2, 0) is 4.79 Å². The van der Waals surface area contributed by atoms with Crippen LogP contribution in [0.15, 0.2) is 18.2 Å². The molecule has 1 aromatic carbocycles. The van der Waals surface area contributed by atoms with Gasteiger partial charge >= 0.3 is 12.0 Å². The molecular formula is C15H20N2O3. The third-order valence-corrected chi connectivity index (χ3v) is 3.98. The summed E-state index contributed by atoms with van der Waals surface area (Å²) >= 11 is 0. The zero-order valence-corrected chi connectivity index (χ0v) is 11.8. The molecule has 108 valence electrons. The number of carboxylic acid groups (broad SMARTS) is 1. The van der Waals surface area contributed by atoms with Crippen LogP contribution in [0.1, 0.15) is 36.8 Å². The Bertz CT molecular complexity index is 534. The first-order valence-corrected chi connectivity index (χ1v) is 6.83. The number of hydrogen-bond donors (Lipinski definition) is 3. The van der Waals surface area contributed by atoms with E-state index >= 15 is 0 Å². The summed E-state index contributed by atoms with van der Waals surface area (Å²) in [5.74, 6) is -0.953. The summed E-state index contributed by atoms with van der Waals surface area (Å²) in [6.45, 7) is 3.96. The quantitative estimate of drug-likeness (QED) is 0.794. The first kappa shape index (κ1) is 14.4. The Morgan fingerprint density at radius 1 is 1.15 bits per heavy atom. The number of carbonyl (C=O) groups is 2. The second-order valence-electron chi connectivity index (χ2n) is 5.47. The molecule has 0 aliphatic heterocycles. The number of carboxylic acids is 1. The average molecular weight is 276 g/mol. The number of aryl methyl sites for hydroxylation is 2. The zero-order valence-electron chi connectivity index (χ0n) is 11.8. The van der Waals surface area contributed by atoms with Crippen molar-refractivity contribution in [2.24, 2.45) is 0 Å². The van der Waals surface area contributed by atoms with Crippen molar-refractivity contribution in [3.63, 3.8) is 0 Å². The Morgan fingerprint density at radius 3 is 2.35 bits per heavy atom. The summed E-state index contributed by atoms with van der Waals surface area (Å²) in [7, 11) is 0. The van der Waals surface area contributed by atoms with Crippen molar-refractivity contribution in [2.45, 2.75) is 45.1 Å². The predicted octanol–water partition coefficient (Wildman–Crippen LogP) is 2.82. The van der Waals surface area contributed by atoms with Gasteiger partial charge in [-0.25, -0.2) is 9.59 Å². The number of aliphatic carboxylic acids is 1. The molecular weight excluding hydrogens is 256 g/mol. The van der Waals surface area contributed by atoms with Crippen LogP contribution >= 0.6 is 0 Å². The number of anilines is 1. The minimum atomic E-state index is -1.11. The topological polar surface area (TPSA) is 78.4 Å². The van der Waals surface area contributed by atoms with Gasteiger partial charge in [0.1, 0.15) is 5.54 Å². The summed E-state index contributed by atoms with van der Waals surface area (Å²) in [6, 6.07) is 5.15. The van der Waals surface area contributed by atoms with E-state index in [1.165, 1.54) is 0 Å². The van der Waals surface area contributed by atoms with Crippen molar-refractivity contribution in [3.05, 3.63) is 29.3 Å². The SMILES string of the molecule is Cc1ccc(NC(=O)NC2(C(=O)O)CCCC2)cc1C. The molecule has 1 aromatic rings. The van der Waals surface area contributed by atoms with Crippen molar-refractivity contribution < 1.29 is 14.7 Å². The molecule has 2 rings (SSSR count). The highest BCUT2D eigenvalue weighted by Gasteiger charge is 2.42. The number of benzene rings is 1. The third kappa shape index (κ3) is 2.92.